The molecule has 0 saturated heterocycles. The Balaban J connectivity index is 1.66. The highest BCUT2D eigenvalue weighted by atomic mass is 35.5. The minimum Gasteiger partial charge on any atom is -0.497 e. The zero-order chi connectivity index (χ0) is 20.1. The molecule has 28 heavy (non-hydrogen) atoms. The fourth-order valence-corrected chi connectivity index (χ4v) is 2.83. The molecule has 3 rings (SSSR count). The van der Waals surface area contributed by atoms with Crippen LogP contribution in [0.5, 0.6) is 11.5 Å². The molecule has 0 radical (unpaired) electrons. The van der Waals surface area contributed by atoms with E-state index in [0.717, 1.165) is 0 Å². The highest BCUT2D eigenvalue weighted by Gasteiger charge is 2.17. The minimum atomic E-state index is -0.661. The van der Waals surface area contributed by atoms with Crippen LogP contribution in [0.15, 0.2) is 72.8 Å². The summed E-state index contributed by atoms with van der Waals surface area (Å²) < 4.78 is 10.8. The summed E-state index contributed by atoms with van der Waals surface area (Å²) in [6.45, 7) is 1.69. The Hall–Kier alpha value is -3.11. The van der Waals surface area contributed by atoms with Gasteiger partial charge in [-0.1, -0.05) is 11.6 Å². The molecule has 0 saturated carbocycles. The molecule has 0 aliphatic rings. The molecule has 0 aliphatic heterocycles. The van der Waals surface area contributed by atoms with Crippen molar-refractivity contribution in [2.24, 2.45) is 0 Å². The molecule has 0 heterocycles. The van der Waals surface area contributed by atoms with Crippen molar-refractivity contribution in [2.45, 2.75) is 13.0 Å². The van der Waals surface area contributed by atoms with Crippen LogP contribution in [0.25, 0.3) is 0 Å². The van der Waals surface area contributed by atoms with E-state index in [0.29, 0.717) is 33.2 Å². The summed E-state index contributed by atoms with van der Waals surface area (Å²) in [4.78, 5) is 25.0. The van der Waals surface area contributed by atoms with Gasteiger partial charge < -0.3 is 9.47 Å². The van der Waals surface area contributed by atoms with E-state index in [2.05, 4.69) is 0 Å². The van der Waals surface area contributed by atoms with E-state index >= 15 is 0 Å². The lowest BCUT2D eigenvalue weighted by molar-refractivity contribution is 0.0817. The van der Waals surface area contributed by atoms with Crippen molar-refractivity contribution in [1.29, 1.82) is 0 Å². The number of halogens is 1. The van der Waals surface area contributed by atoms with E-state index in [9.17, 15) is 9.59 Å². The Morgan fingerprint density at radius 1 is 0.750 bits per heavy atom. The molecule has 0 N–H and O–H groups in total. The summed E-state index contributed by atoms with van der Waals surface area (Å²) in [5.74, 6) is 0.961. The number of hydrogen-bond acceptors (Lipinski definition) is 4. The normalized spacial score (nSPS) is 11.5. The molecule has 5 heteroatoms. The number of Topliss-reactive ketones (excluding diaryl/α,β-unsaturated/α-hetero) is 1. The van der Waals surface area contributed by atoms with Crippen molar-refractivity contribution in [1.82, 2.24) is 0 Å². The average Bonchev–Trinajstić information content (AvgIpc) is 2.74. The fourth-order valence-electron chi connectivity index (χ4n) is 2.70. The number of carbonyl (C=O) groups is 2. The van der Waals surface area contributed by atoms with Crippen LogP contribution in [0.3, 0.4) is 0 Å². The van der Waals surface area contributed by atoms with E-state index in [1.807, 2.05) is 0 Å². The van der Waals surface area contributed by atoms with Gasteiger partial charge in [0.2, 0.25) is 5.78 Å². The average molecular weight is 395 g/mol. The highest BCUT2D eigenvalue weighted by Crippen LogP contribution is 2.20. The van der Waals surface area contributed by atoms with Gasteiger partial charge in [0.1, 0.15) is 11.5 Å². The van der Waals surface area contributed by atoms with Crippen molar-refractivity contribution in [3.63, 3.8) is 0 Å². The molecule has 142 valence electrons. The van der Waals surface area contributed by atoms with Crippen LogP contribution in [0.1, 0.15) is 33.2 Å². The molecule has 1 atom stereocenters. The Kier molecular flexibility index (Phi) is 6.12. The summed E-state index contributed by atoms with van der Waals surface area (Å²) in [6, 6.07) is 20.3. The highest BCUT2D eigenvalue weighted by molar-refractivity contribution is 6.30. The van der Waals surface area contributed by atoms with Crippen molar-refractivity contribution in [3.8, 4) is 11.5 Å². The molecule has 1 unspecified atom stereocenters. The number of hydrogen-bond donors (Lipinski definition) is 0. The Labute approximate surface area is 168 Å². The molecular formula is C23H19ClO4. The van der Waals surface area contributed by atoms with E-state index < -0.39 is 6.10 Å². The number of rotatable bonds is 7. The molecule has 0 fully saturated rings. The van der Waals surface area contributed by atoms with Gasteiger partial charge in [-0.3, -0.25) is 9.59 Å². The lowest BCUT2D eigenvalue weighted by Gasteiger charge is -2.14. The van der Waals surface area contributed by atoms with Gasteiger partial charge in [-0.25, -0.2) is 0 Å². The van der Waals surface area contributed by atoms with Crippen LogP contribution in [-0.2, 0) is 0 Å². The summed E-state index contributed by atoms with van der Waals surface area (Å²) >= 11 is 5.85. The second kappa shape index (κ2) is 8.72. The van der Waals surface area contributed by atoms with Crippen LogP contribution in [-0.4, -0.2) is 24.8 Å². The van der Waals surface area contributed by atoms with Crippen molar-refractivity contribution in [2.75, 3.05) is 7.11 Å². The maximum Gasteiger partial charge on any atom is 0.202 e. The maximum atomic E-state index is 12.5. The van der Waals surface area contributed by atoms with Gasteiger partial charge >= 0.3 is 0 Å². The third-order valence-electron chi connectivity index (χ3n) is 4.28. The number of ketones is 2. The second-order valence-corrected chi connectivity index (χ2v) is 6.65. The largest absolute Gasteiger partial charge is 0.497 e. The Bertz CT molecular complexity index is 961. The van der Waals surface area contributed by atoms with Crippen LogP contribution in [0.2, 0.25) is 5.02 Å². The molecule has 0 bridgehead atoms. The number of carbonyl (C=O) groups excluding carboxylic acids is 2. The number of benzene rings is 3. The van der Waals surface area contributed by atoms with Gasteiger partial charge in [0.05, 0.1) is 7.11 Å². The SMILES string of the molecule is COc1ccc(C(=O)C(C)Oc2ccc(C(=O)c3ccc(Cl)cc3)cc2)cc1. The Morgan fingerprint density at radius 3 is 1.75 bits per heavy atom. The Morgan fingerprint density at radius 2 is 1.21 bits per heavy atom. The number of methoxy groups -OCH3 is 1. The van der Waals surface area contributed by atoms with Gasteiger partial charge in [0.15, 0.2) is 11.9 Å². The van der Waals surface area contributed by atoms with Crippen LogP contribution < -0.4 is 9.47 Å². The minimum absolute atomic E-state index is 0.106. The lowest BCUT2D eigenvalue weighted by Crippen LogP contribution is -2.23. The topological polar surface area (TPSA) is 52.6 Å². The van der Waals surface area contributed by atoms with Crippen LogP contribution >= 0.6 is 11.6 Å². The zero-order valence-corrected chi connectivity index (χ0v) is 16.3. The first kappa shape index (κ1) is 19.6. The first-order valence-corrected chi connectivity index (χ1v) is 9.11. The van der Waals surface area contributed by atoms with Gasteiger partial charge in [0.25, 0.3) is 0 Å². The van der Waals surface area contributed by atoms with Gasteiger partial charge in [-0.05, 0) is 79.7 Å². The van der Waals surface area contributed by atoms with E-state index in [-0.39, 0.29) is 11.6 Å². The van der Waals surface area contributed by atoms with E-state index in [1.165, 1.54) is 0 Å². The molecule has 0 spiro atoms. The van der Waals surface area contributed by atoms with E-state index in [4.69, 9.17) is 21.1 Å². The molecule has 0 aromatic heterocycles. The standard InChI is InChI=1S/C23H19ClO4/c1-15(22(25)16-5-11-20(27-2)12-6-16)28-21-13-7-18(8-14-21)23(26)17-3-9-19(24)10-4-17/h3-15H,1-2H3. The second-order valence-electron chi connectivity index (χ2n) is 6.21. The molecule has 3 aromatic rings. The van der Waals surface area contributed by atoms with Crippen LogP contribution in [0, 0.1) is 0 Å². The van der Waals surface area contributed by atoms with Gasteiger partial charge in [-0.2, -0.15) is 0 Å². The van der Waals surface area contributed by atoms with Gasteiger partial charge in [0, 0.05) is 21.7 Å². The predicted octanol–water partition coefficient (Wildman–Crippen LogP) is 5.23. The first-order chi connectivity index (χ1) is 13.5. The summed E-state index contributed by atoms with van der Waals surface area (Å²) in [7, 11) is 1.57. The first-order valence-electron chi connectivity index (χ1n) is 8.73. The van der Waals surface area contributed by atoms with Crippen molar-refractivity contribution < 1.29 is 19.1 Å². The molecular weight excluding hydrogens is 376 g/mol. The predicted molar refractivity (Wildman–Crippen MR) is 109 cm³/mol. The maximum absolute atomic E-state index is 12.5. The quantitative estimate of drug-likeness (QED) is 0.515. The molecule has 0 amide bonds. The fraction of sp³-hybridized carbons (Fsp3) is 0.130. The summed E-state index contributed by atoms with van der Waals surface area (Å²) in [6.07, 6.45) is -0.661. The molecule has 4 nitrogen and oxygen atoms in total. The van der Waals surface area contributed by atoms with E-state index in [1.54, 1.807) is 86.8 Å². The summed E-state index contributed by atoms with van der Waals surface area (Å²) in [5.41, 5.74) is 1.63. The molecule has 0 aliphatic carbocycles. The third kappa shape index (κ3) is 4.59. The molecule has 3 aromatic carbocycles. The van der Waals surface area contributed by atoms with Crippen LogP contribution in [0.4, 0.5) is 0 Å². The van der Waals surface area contributed by atoms with Crippen molar-refractivity contribution >= 4 is 23.2 Å². The third-order valence-corrected chi connectivity index (χ3v) is 4.53. The summed E-state index contributed by atoms with van der Waals surface area (Å²) in [5, 5.41) is 0.579. The monoisotopic (exact) mass is 394 g/mol. The smallest absolute Gasteiger partial charge is 0.202 e. The lowest BCUT2D eigenvalue weighted by atomic mass is 10.0. The van der Waals surface area contributed by atoms with Crippen molar-refractivity contribution in [3.05, 3.63) is 94.5 Å². The zero-order valence-electron chi connectivity index (χ0n) is 15.5. The van der Waals surface area contributed by atoms with Gasteiger partial charge in [-0.15, -0.1) is 0 Å². The number of ether oxygens (including phenoxy) is 2.